The van der Waals surface area contributed by atoms with Crippen molar-refractivity contribution in [3.8, 4) is 0 Å². The smallest absolute Gasteiger partial charge is 0.136 e. The van der Waals surface area contributed by atoms with Gasteiger partial charge in [-0.05, 0) is 30.6 Å². The van der Waals surface area contributed by atoms with E-state index < -0.39 is 0 Å². The van der Waals surface area contributed by atoms with Crippen molar-refractivity contribution >= 4 is 12.1 Å². The van der Waals surface area contributed by atoms with Gasteiger partial charge in [0.15, 0.2) is 0 Å². The molecule has 0 amide bonds. The topological polar surface area (TPSA) is 34.1 Å². The van der Waals surface area contributed by atoms with Crippen LogP contribution in [0.3, 0.4) is 0 Å². The van der Waals surface area contributed by atoms with E-state index in [0.717, 1.165) is 32.0 Å². The molecule has 2 rings (SSSR count). The summed E-state index contributed by atoms with van der Waals surface area (Å²) in [6.45, 7) is 2.20. The Hall–Kier alpha value is -0.660. The summed E-state index contributed by atoms with van der Waals surface area (Å²) in [6.07, 6.45) is 5.58. The number of rotatable bonds is 4. The van der Waals surface area contributed by atoms with E-state index in [0.29, 0.717) is 29.5 Å². The largest absolute Gasteiger partial charge is 0.303 e. The Labute approximate surface area is 78.7 Å². The van der Waals surface area contributed by atoms with Gasteiger partial charge in [0, 0.05) is 18.8 Å². The zero-order chi connectivity index (χ0) is 9.47. The number of carbonyl (C=O) groups excluding carboxylic acids is 2. The molecule has 0 bridgehead atoms. The highest BCUT2D eigenvalue weighted by Gasteiger charge is 2.63. The Bertz CT molecular complexity index is 246. The molecule has 0 aromatic rings. The fourth-order valence-corrected chi connectivity index (χ4v) is 2.96. The molecular weight excluding hydrogens is 164 g/mol. The minimum atomic E-state index is 0.333. The first-order chi connectivity index (χ1) is 6.20. The van der Waals surface area contributed by atoms with Gasteiger partial charge in [-0.1, -0.05) is 6.92 Å². The van der Waals surface area contributed by atoms with E-state index in [1.165, 1.54) is 0 Å². The Morgan fingerprint density at radius 3 is 2.92 bits per heavy atom. The lowest BCUT2D eigenvalue weighted by Gasteiger charge is -2.19. The molecule has 2 nitrogen and oxygen atoms in total. The minimum absolute atomic E-state index is 0.333. The number of fused-ring (bicyclic) bond motifs is 1. The van der Waals surface area contributed by atoms with E-state index in [4.69, 9.17) is 0 Å². The summed E-state index contributed by atoms with van der Waals surface area (Å²) >= 11 is 0. The third-order valence-corrected chi connectivity index (χ3v) is 4.04. The van der Waals surface area contributed by atoms with Gasteiger partial charge in [0.05, 0.1) is 0 Å². The van der Waals surface area contributed by atoms with E-state index in [2.05, 4.69) is 6.92 Å². The van der Waals surface area contributed by atoms with E-state index in [1.54, 1.807) is 0 Å². The maximum Gasteiger partial charge on any atom is 0.136 e. The van der Waals surface area contributed by atoms with Crippen molar-refractivity contribution in [3.05, 3.63) is 0 Å². The van der Waals surface area contributed by atoms with Crippen LogP contribution in [-0.2, 0) is 9.59 Å². The van der Waals surface area contributed by atoms with E-state index in [9.17, 15) is 9.59 Å². The Morgan fingerprint density at radius 2 is 2.46 bits per heavy atom. The molecule has 0 aromatic carbocycles. The number of aldehydes is 1. The summed E-state index contributed by atoms with van der Waals surface area (Å²) in [5, 5.41) is 0. The number of ketones is 1. The SMILES string of the molecule is C[C@H](CCC=O)C12CCC(=O)C1C2. The average Bonchev–Trinajstić information content (AvgIpc) is 2.80. The lowest BCUT2D eigenvalue weighted by molar-refractivity contribution is -0.119. The molecule has 2 aliphatic rings. The molecule has 0 N–H and O–H groups in total. The summed E-state index contributed by atoms with van der Waals surface area (Å²) in [5.74, 6) is 1.40. The number of hydrogen-bond donors (Lipinski definition) is 0. The zero-order valence-corrected chi connectivity index (χ0v) is 8.08. The molecule has 0 spiro atoms. The highest BCUT2D eigenvalue weighted by molar-refractivity contribution is 5.87. The lowest BCUT2D eigenvalue weighted by Crippen LogP contribution is -2.12. The van der Waals surface area contributed by atoms with Gasteiger partial charge in [0.1, 0.15) is 12.1 Å². The standard InChI is InChI=1S/C11H16O2/c1-8(3-2-6-12)11-5-4-10(13)9(11)7-11/h6,8-9H,2-5,7H2,1H3/t8-,9?,11?/m1/s1. The maximum atomic E-state index is 11.3. The predicted molar refractivity (Wildman–Crippen MR) is 49.2 cm³/mol. The van der Waals surface area contributed by atoms with Crippen LogP contribution >= 0.6 is 0 Å². The molecule has 0 saturated heterocycles. The molecule has 2 heteroatoms. The third-order valence-electron chi connectivity index (χ3n) is 4.04. The van der Waals surface area contributed by atoms with Crippen LogP contribution in [0.4, 0.5) is 0 Å². The summed E-state index contributed by atoms with van der Waals surface area (Å²) in [7, 11) is 0. The molecule has 0 heterocycles. The zero-order valence-electron chi connectivity index (χ0n) is 8.08. The molecule has 0 radical (unpaired) electrons. The Morgan fingerprint density at radius 1 is 1.69 bits per heavy atom. The van der Waals surface area contributed by atoms with E-state index in [-0.39, 0.29) is 0 Å². The number of hydrogen-bond acceptors (Lipinski definition) is 2. The number of carbonyl (C=O) groups is 2. The van der Waals surface area contributed by atoms with Gasteiger partial charge in [0.2, 0.25) is 0 Å². The second kappa shape index (κ2) is 2.93. The van der Waals surface area contributed by atoms with Crippen molar-refractivity contribution in [3.63, 3.8) is 0 Å². The molecule has 2 saturated carbocycles. The molecule has 13 heavy (non-hydrogen) atoms. The maximum absolute atomic E-state index is 11.3. The summed E-state index contributed by atoms with van der Waals surface area (Å²) in [5.41, 5.74) is 0.333. The van der Waals surface area contributed by atoms with Gasteiger partial charge < -0.3 is 4.79 Å². The van der Waals surface area contributed by atoms with Crippen LogP contribution in [0.2, 0.25) is 0 Å². The minimum Gasteiger partial charge on any atom is -0.303 e. The van der Waals surface area contributed by atoms with Gasteiger partial charge in [-0.3, -0.25) is 4.79 Å². The summed E-state index contributed by atoms with van der Waals surface area (Å²) < 4.78 is 0. The van der Waals surface area contributed by atoms with Crippen LogP contribution in [0.15, 0.2) is 0 Å². The van der Waals surface area contributed by atoms with Crippen LogP contribution < -0.4 is 0 Å². The second-order valence-corrected chi connectivity index (χ2v) is 4.60. The molecule has 3 atom stereocenters. The van der Waals surface area contributed by atoms with Crippen molar-refractivity contribution in [2.75, 3.05) is 0 Å². The second-order valence-electron chi connectivity index (χ2n) is 4.60. The third kappa shape index (κ3) is 1.23. The summed E-state index contributed by atoms with van der Waals surface area (Å²) in [4.78, 5) is 21.6. The average molecular weight is 180 g/mol. The van der Waals surface area contributed by atoms with Crippen LogP contribution in [0.5, 0.6) is 0 Å². The fourth-order valence-electron chi connectivity index (χ4n) is 2.96. The van der Waals surface area contributed by atoms with Crippen molar-refractivity contribution in [1.29, 1.82) is 0 Å². The van der Waals surface area contributed by atoms with Gasteiger partial charge in [-0.25, -0.2) is 0 Å². The van der Waals surface area contributed by atoms with Gasteiger partial charge in [-0.15, -0.1) is 0 Å². The lowest BCUT2D eigenvalue weighted by atomic mass is 9.85. The van der Waals surface area contributed by atoms with E-state index in [1.807, 2.05) is 0 Å². The van der Waals surface area contributed by atoms with Crippen LogP contribution in [0.1, 0.15) is 39.0 Å². The monoisotopic (exact) mass is 180 g/mol. The van der Waals surface area contributed by atoms with Crippen molar-refractivity contribution < 1.29 is 9.59 Å². The molecule has 2 unspecified atom stereocenters. The molecule has 2 aliphatic carbocycles. The molecule has 0 aliphatic heterocycles. The van der Waals surface area contributed by atoms with Crippen molar-refractivity contribution in [2.24, 2.45) is 17.3 Å². The first-order valence-corrected chi connectivity index (χ1v) is 5.17. The molecule has 2 fully saturated rings. The van der Waals surface area contributed by atoms with Crippen LogP contribution in [-0.4, -0.2) is 12.1 Å². The van der Waals surface area contributed by atoms with Gasteiger partial charge in [0.25, 0.3) is 0 Å². The van der Waals surface area contributed by atoms with Gasteiger partial charge in [-0.2, -0.15) is 0 Å². The van der Waals surface area contributed by atoms with Crippen molar-refractivity contribution in [2.45, 2.75) is 39.0 Å². The normalized spacial score (nSPS) is 38.5. The quantitative estimate of drug-likeness (QED) is 0.620. The summed E-state index contributed by atoms with van der Waals surface area (Å²) in [6, 6.07) is 0. The van der Waals surface area contributed by atoms with Crippen molar-refractivity contribution in [1.82, 2.24) is 0 Å². The predicted octanol–water partition coefficient (Wildman–Crippen LogP) is 1.97. The van der Waals surface area contributed by atoms with Crippen LogP contribution in [0.25, 0.3) is 0 Å². The Kier molecular flexibility index (Phi) is 2.01. The van der Waals surface area contributed by atoms with Gasteiger partial charge >= 0.3 is 0 Å². The molecule has 72 valence electrons. The Balaban J connectivity index is 1.95. The highest BCUT2D eigenvalue weighted by atomic mass is 16.1. The van der Waals surface area contributed by atoms with E-state index >= 15 is 0 Å². The molecular formula is C11H16O2. The first-order valence-electron chi connectivity index (χ1n) is 5.17. The molecule has 0 aromatic heterocycles. The van der Waals surface area contributed by atoms with Crippen LogP contribution in [0, 0.1) is 17.3 Å². The number of Topliss-reactive ketones (excluding diaryl/α,β-unsaturated/α-hetero) is 1. The first kappa shape index (κ1) is 8.92. The fraction of sp³-hybridized carbons (Fsp3) is 0.818. The highest BCUT2D eigenvalue weighted by Crippen LogP contribution is 2.66.